The summed E-state index contributed by atoms with van der Waals surface area (Å²) in [6.45, 7) is 3.85. The van der Waals surface area contributed by atoms with E-state index in [-0.39, 0.29) is 29.9 Å². The molecule has 4 aliphatic rings. The third kappa shape index (κ3) is 3.03. The Morgan fingerprint density at radius 1 is 1.25 bits per heavy atom. The third-order valence-electron chi connectivity index (χ3n) is 7.13. The van der Waals surface area contributed by atoms with Crippen LogP contribution in [-0.4, -0.2) is 73.6 Å². The lowest BCUT2D eigenvalue weighted by molar-refractivity contribution is -0.171. The molecule has 0 aromatic carbocycles. The first kappa shape index (κ1) is 20.0. The number of fused-ring (bicyclic) bond motifs is 2. The number of hydrogen-bond donors (Lipinski definition) is 1. The van der Waals surface area contributed by atoms with Gasteiger partial charge in [0.15, 0.2) is 11.7 Å². The molecular weight excluding hydrogens is 471 g/mol. The van der Waals surface area contributed by atoms with Crippen LogP contribution in [0.25, 0.3) is 0 Å². The number of ether oxygens (including phenoxy) is 1. The average Bonchev–Trinajstić information content (AvgIpc) is 3.32. The Labute approximate surface area is 182 Å². The molecule has 5 rings (SSSR count). The summed E-state index contributed by atoms with van der Waals surface area (Å²) in [5, 5.41) is 3.78. The summed E-state index contributed by atoms with van der Waals surface area (Å²) < 4.78 is 11.3. The smallest absolute Gasteiger partial charge is 0.289 e. The molecule has 7 nitrogen and oxygen atoms in total. The molecular formula is C20H29IN4O3. The number of rotatable bonds is 2. The monoisotopic (exact) mass is 500 g/mol. The van der Waals surface area contributed by atoms with E-state index in [0.29, 0.717) is 42.3 Å². The number of piperazine rings is 1. The summed E-state index contributed by atoms with van der Waals surface area (Å²) in [4.78, 5) is 21.2. The Morgan fingerprint density at radius 3 is 2.61 bits per heavy atom. The SMILES string of the molecule is CN=C(NC1C2CCOC2C12CCC2)N1CCN(C(=O)c2ccco2)CC1.I. The molecule has 2 aliphatic carbocycles. The lowest BCUT2D eigenvalue weighted by Gasteiger charge is -2.63. The van der Waals surface area contributed by atoms with E-state index in [1.165, 1.54) is 19.3 Å². The van der Waals surface area contributed by atoms with Crippen LogP contribution in [0.15, 0.2) is 27.8 Å². The van der Waals surface area contributed by atoms with Crippen LogP contribution in [0, 0.1) is 11.3 Å². The van der Waals surface area contributed by atoms with Gasteiger partial charge < -0.3 is 24.3 Å². The molecule has 8 heteroatoms. The van der Waals surface area contributed by atoms with Crippen molar-refractivity contribution < 1.29 is 13.9 Å². The van der Waals surface area contributed by atoms with Gasteiger partial charge in [0.1, 0.15) is 0 Å². The first-order valence-electron chi connectivity index (χ1n) is 10.2. The van der Waals surface area contributed by atoms with E-state index in [2.05, 4.69) is 15.2 Å². The van der Waals surface area contributed by atoms with Crippen LogP contribution in [0.1, 0.15) is 36.2 Å². The minimum Gasteiger partial charge on any atom is -0.459 e. The van der Waals surface area contributed by atoms with Crippen molar-refractivity contribution in [2.24, 2.45) is 16.3 Å². The van der Waals surface area contributed by atoms with Crippen molar-refractivity contribution in [3.63, 3.8) is 0 Å². The van der Waals surface area contributed by atoms with E-state index in [4.69, 9.17) is 9.15 Å². The highest BCUT2D eigenvalue weighted by molar-refractivity contribution is 14.0. The quantitative estimate of drug-likeness (QED) is 0.383. The molecule has 1 spiro atoms. The van der Waals surface area contributed by atoms with Crippen LogP contribution in [0.5, 0.6) is 0 Å². The molecule has 0 bridgehead atoms. The fourth-order valence-electron chi connectivity index (χ4n) is 5.57. The molecule has 3 heterocycles. The van der Waals surface area contributed by atoms with E-state index in [1.54, 1.807) is 18.4 Å². The predicted molar refractivity (Wildman–Crippen MR) is 116 cm³/mol. The highest BCUT2D eigenvalue weighted by Crippen LogP contribution is 2.62. The zero-order chi connectivity index (χ0) is 18.4. The zero-order valence-corrected chi connectivity index (χ0v) is 18.6. The second kappa shape index (κ2) is 7.85. The minimum atomic E-state index is -0.0269. The van der Waals surface area contributed by atoms with Crippen LogP contribution in [0.3, 0.4) is 0 Å². The number of nitrogens with one attached hydrogen (secondary N) is 1. The maximum absolute atomic E-state index is 12.5. The van der Waals surface area contributed by atoms with Gasteiger partial charge in [-0.15, -0.1) is 24.0 Å². The van der Waals surface area contributed by atoms with Gasteiger partial charge in [0.25, 0.3) is 5.91 Å². The highest BCUT2D eigenvalue weighted by Gasteiger charge is 2.66. The number of carbonyl (C=O) groups excluding carboxylic acids is 1. The van der Waals surface area contributed by atoms with Crippen molar-refractivity contribution in [2.45, 2.75) is 37.8 Å². The van der Waals surface area contributed by atoms with Gasteiger partial charge in [-0.25, -0.2) is 0 Å². The fourth-order valence-corrected chi connectivity index (χ4v) is 5.57. The number of guanidine groups is 1. The molecule has 154 valence electrons. The van der Waals surface area contributed by atoms with Crippen molar-refractivity contribution in [3.8, 4) is 0 Å². The van der Waals surface area contributed by atoms with E-state index in [9.17, 15) is 4.79 Å². The van der Waals surface area contributed by atoms with E-state index in [1.807, 2.05) is 11.9 Å². The maximum Gasteiger partial charge on any atom is 0.289 e. The van der Waals surface area contributed by atoms with Crippen molar-refractivity contribution in [1.29, 1.82) is 0 Å². The number of halogens is 1. The second-order valence-corrected chi connectivity index (χ2v) is 8.26. The average molecular weight is 500 g/mol. The molecule has 2 aliphatic heterocycles. The fraction of sp³-hybridized carbons (Fsp3) is 0.700. The van der Waals surface area contributed by atoms with Crippen LogP contribution in [0.4, 0.5) is 0 Å². The second-order valence-electron chi connectivity index (χ2n) is 8.26. The summed E-state index contributed by atoms with van der Waals surface area (Å²) in [6, 6.07) is 3.97. The van der Waals surface area contributed by atoms with Crippen LogP contribution in [-0.2, 0) is 4.74 Å². The van der Waals surface area contributed by atoms with Gasteiger partial charge >= 0.3 is 0 Å². The van der Waals surface area contributed by atoms with Crippen molar-refractivity contribution in [2.75, 3.05) is 39.8 Å². The number of hydrogen-bond acceptors (Lipinski definition) is 4. The number of furan rings is 1. The molecule has 1 amide bonds. The molecule has 3 atom stereocenters. The standard InChI is InChI=1S/C20H28N4O3.HI/c1-21-19(22-16-14-5-13-27-17(14)20(16)6-3-7-20)24-10-8-23(9-11-24)18(25)15-4-2-12-26-15;/h2,4,12,14,16-17H,3,5-11,13H2,1H3,(H,21,22);1H. The normalized spacial score (nSPS) is 30.9. The molecule has 1 aromatic heterocycles. The molecule has 1 N–H and O–H groups in total. The van der Waals surface area contributed by atoms with E-state index < -0.39 is 0 Å². The third-order valence-corrected chi connectivity index (χ3v) is 7.13. The van der Waals surface area contributed by atoms with Gasteiger partial charge in [-0.1, -0.05) is 6.42 Å². The summed E-state index contributed by atoms with van der Waals surface area (Å²) in [7, 11) is 1.86. The number of nitrogens with zero attached hydrogens (tertiary/aromatic N) is 3. The molecule has 2 saturated carbocycles. The first-order chi connectivity index (χ1) is 13.2. The van der Waals surface area contributed by atoms with Crippen molar-refractivity contribution >= 4 is 35.8 Å². The molecule has 3 unspecified atom stereocenters. The molecule has 28 heavy (non-hydrogen) atoms. The Bertz CT molecular complexity index is 726. The summed E-state index contributed by atoms with van der Waals surface area (Å²) in [6.07, 6.45) is 7.03. The number of amides is 1. The first-order valence-corrected chi connectivity index (χ1v) is 10.2. The lowest BCUT2D eigenvalue weighted by Crippen LogP contribution is -2.73. The Balaban J connectivity index is 0.00000192. The van der Waals surface area contributed by atoms with E-state index >= 15 is 0 Å². The van der Waals surface area contributed by atoms with Gasteiger partial charge in [-0.3, -0.25) is 9.79 Å². The zero-order valence-electron chi connectivity index (χ0n) is 16.3. The van der Waals surface area contributed by atoms with Gasteiger partial charge in [-0.05, 0) is 31.4 Å². The Morgan fingerprint density at radius 2 is 2.00 bits per heavy atom. The molecule has 0 radical (unpaired) electrons. The number of carbonyl (C=O) groups is 1. The molecule has 2 saturated heterocycles. The highest BCUT2D eigenvalue weighted by atomic mass is 127. The summed E-state index contributed by atoms with van der Waals surface area (Å²) >= 11 is 0. The number of aliphatic imine (C=N–C) groups is 1. The van der Waals surface area contributed by atoms with Gasteiger partial charge in [0.05, 0.1) is 12.4 Å². The largest absolute Gasteiger partial charge is 0.459 e. The van der Waals surface area contributed by atoms with Crippen molar-refractivity contribution in [1.82, 2.24) is 15.1 Å². The minimum absolute atomic E-state index is 0. The van der Waals surface area contributed by atoms with E-state index in [0.717, 1.165) is 32.1 Å². The lowest BCUT2D eigenvalue weighted by atomic mass is 9.46. The Kier molecular flexibility index (Phi) is 5.61. The summed E-state index contributed by atoms with van der Waals surface area (Å²) in [5.41, 5.74) is 0.341. The maximum atomic E-state index is 12.5. The van der Waals surface area contributed by atoms with Crippen LogP contribution < -0.4 is 5.32 Å². The van der Waals surface area contributed by atoms with Crippen molar-refractivity contribution in [3.05, 3.63) is 24.2 Å². The van der Waals surface area contributed by atoms with Crippen LogP contribution in [0.2, 0.25) is 0 Å². The van der Waals surface area contributed by atoms with Crippen LogP contribution >= 0.6 is 24.0 Å². The predicted octanol–water partition coefficient (Wildman–Crippen LogP) is 2.19. The van der Waals surface area contributed by atoms with Gasteiger partial charge in [0, 0.05) is 57.2 Å². The van der Waals surface area contributed by atoms with Gasteiger partial charge in [0.2, 0.25) is 0 Å². The molecule has 4 fully saturated rings. The van der Waals surface area contributed by atoms with Gasteiger partial charge in [-0.2, -0.15) is 0 Å². The molecule has 1 aromatic rings. The topological polar surface area (TPSA) is 70.3 Å². The summed E-state index contributed by atoms with van der Waals surface area (Å²) in [5.74, 6) is 1.99. The Hall–Kier alpha value is -1.29.